The molecule has 0 spiro atoms. The van der Waals surface area contributed by atoms with Gasteiger partial charge in [0.1, 0.15) is 12.3 Å². The van der Waals surface area contributed by atoms with E-state index < -0.39 is 17.8 Å². The van der Waals surface area contributed by atoms with E-state index in [2.05, 4.69) is 10.4 Å². The van der Waals surface area contributed by atoms with Gasteiger partial charge in [0, 0.05) is 5.69 Å². The fourth-order valence-electron chi connectivity index (χ4n) is 1.88. The Morgan fingerprint density at radius 3 is 2.64 bits per heavy atom. The number of amides is 1. The molecule has 1 amide bonds. The number of halogens is 3. The molecular formula is C14H14F3N3O2. The number of para-hydroxylation sites is 2. The number of aromatic nitrogens is 2. The van der Waals surface area contributed by atoms with Crippen LogP contribution in [0.3, 0.4) is 0 Å². The van der Waals surface area contributed by atoms with Gasteiger partial charge in [0.15, 0.2) is 5.69 Å². The Balaban J connectivity index is 2.11. The molecule has 1 heterocycles. The number of alkyl halides is 3. The van der Waals surface area contributed by atoms with Gasteiger partial charge in [-0.25, -0.2) is 0 Å². The van der Waals surface area contributed by atoms with Crippen LogP contribution in [-0.4, -0.2) is 22.8 Å². The number of nitrogens with one attached hydrogen (secondary N) is 1. The molecule has 22 heavy (non-hydrogen) atoms. The van der Waals surface area contributed by atoms with Crippen molar-refractivity contribution in [2.24, 2.45) is 0 Å². The highest BCUT2D eigenvalue weighted by Crippen LogP contribution is 2.28. The lowest BCUT2D eigenvalue weighted by Crippen LogP contribution is -2.21. The number of rotatable bonds is 4. The summed E-state index contributed by atoms with van der Waals surface area (Å²) in [5.74, 6) is -0.0338. The van der Waals surface area contributed by atoms with Crippen LogP contribution < -0.4 is 10.1 Å². The molecule has 0 saturated heterocycles. The third-order valence-electron chi connectivity index (χ3n) is 2.95. The van der Waals surface area contributed by atoms with E-state index in [1.165, 1.54) is 14.0 Å². The van der Waals surface area contributed by atoms with E-state index in [1.807, 2.05) is 0 Å². The molecule has 2 aromatic rings. The molecule has 1 aromatic carbocycles. The molecule has 0 aliphatic carbocycles. The van der Waals surface area contributed by atoms with Crippen molar-refractivity contribution in [3.05, 3.63) is 41.7 Å². The number of methoxy groups -OCH3 is 1. The maximum Gasteiger partial charge on any atom is 0.435 e. The predicted octanol–water partition coefficient (Wildman–Crippen LogP) is 2.86. The second kappa shape index (κ2) is 6.08. The van der Waals surface area contributed by atoms with E-state index >= 15 is 0 Å². The highest BCUT2D eigenvalue weighted by atomic mass is 19.4. The second-order valence-corrected chi connectivity index (χ2v) is 4.57. The van der Waals surface area contributed by atoms with Gasteiger partial charge in [0.25, 0.3) is 0 Å². The maximum atomic E-state index is 12.6. The van der Waals surface area contributed by atoms with Crippen molar-refractivity contribution in [2.45, 2.75) is 19.6 Å². The minimum Gasteiger partial charge on any atom is -0.495 e. The van der Waals surface area contributed by atoms with Crippen molar-refractivity contribution in [2.75, 3.05) is 12.4 Å². The van der Waals surface area contributed by atoms with Crippen LogP contribution >= 0.6 is 0 Å². The number of carbonyl (C=O) groups is 1. The number of carbonyl (C=O) groups excluding carboxylic acids is 1. The minimum absolute atomic E-state index is 0.252. The molecular weight excluding hydrogens is 299 g/mol. The monoisotopic (exact) mass is 313 g/mol. The second-order valence-electron chi connectivity index (χ2n) is 4.57. The first-order valence-electron chi connectivity index (χ1n) is 6.36. The minimum atomic E-state index is -4.53. The average Bonchev–Trinajstić information content (AvgIpc) is 2.80. The van der Waals surface area contributed by atoms with Crippen molar-refractivity contribution < 1.29 is 22.7 Å². The molecule has 2 rings (SSSR count). The average molecular weight is 313 g/mol. The Kier molecular flexibility index (Phi) is 4.39. The molecule has 1 aromatic heterocycles. The van der Waals surface area contributed by atoms with E-state index in [0.29, 0.717) is 11.4 Å². The Morgan fingerprint density at radius 2 is 2.05 bits per heavy atom. The van der Waals surface area contributed by atoms with Crippen molar-refractivity contribution in [3.63, 3.8) is 0 Å². The van der Waals surface area contributed by atoms with Crippen molar-refractivity contribution >= 4 is 11.6 Å². The molecule has 0 atom stereocenters. The SMILES string of the molecule is COc1ccccc1NC(=O)Cn1nc(C(F)(F)F)cc1C. The standard InChI is InChI=1S/C14H14F3N3O2/c1-9-7-12(14(15,16)17)19-20(9)8-13(21)18-10-5-3-4-6-11(10)22-2/h3-7H,8H2,1-2H3,(H,18,21). The number of hydrogen-bond donors (Lipinski definition) is 1. The summed E-state index contributed by atoms with van der Waals surface area (Å²) in [6, 6.07) is 7.64. The molecule has 0 radical (unpaired) electrons. The summed E-state index contributed by atoms with van der Waals surface area (Å²) in [7, 11) is 1.46. The van der Waals surface area contributed by atoms with Gasteiger partial charge in [-0.05, 0) is 25.1 Å². The van der Waals surface area contributed by atoms with E-state index in [9.17, 15) is 18.0 Å². The Bertz CT molecular complexity index is 680. The molecule has 0 unspecified atom stereocenters. The van der Waals surface area contributed by atoms with Gasteiger partial charge in [-0.15, -0.1) is 0 Å². The smallest absolute Gasteiger partial charge is 0.435 e. The van der Waals surface area contributed by atoms with E-state index in [1.54, 1.807) is 24.3 Å². The van der Waals surface area contributed by atoms with Gasteiger partial charge in [0.05, 0.1) is 12.8 Å². The molecule has 0 aliphatic rings. The lowest BCUT2D eigenvalue weighted by molar-refractivity contribution is -0.141. The Labute approximate surface area is 124 Å². The van der Waals surface area contributed by atoms with Crippen molar-refractivity contribution in [1.29, 1.82) is 0 Å². The molecule has 8 heteroatoms. The van der Waals surface area contributed by atoms with Gasteiger partial charge in [-0.3, -0.25) is 9.48 Å². The summed E-state index contributed by atoms with van der Waals surface area (Å²) in [5, 5.41) is 5.98. The summed E-state index contributed by atoms with van der Waals surface area (Å²) in [6.07, 6.45) is -4.53. The zero-order valence-corrected chi connectivity index (χ0v) is 11.9. The lowest BCUT2D eigenvalue weighted by atomic mass is 10.3. The van der Waals surface area contributed by atoms with Crippen LogP contribution in [0, 0.1) is 6.92 Å². The van der Waals surface area contributed by atoms with Crippen LogP contribution in [0.15, 0.2) is 30.3 Å². The van der Waals surface area contributed by atoms with Crippen LogP contribution in [0.5, 0.6) is 5.75 Å². The highest BCUT2D eigenvalue weighted by molar-refractivity contribution is 5.92. The molecule has 0 fully saturated rings. The largest absolute Gasteiger partial charge is 0.495 e. The van der Waals surface area contributed by atoms with E-state index in [4.69, 9.17) is 4.74 Å². The molecule has 1 N–H and O–H groups in total. The first kappa shape index (κ1) is 15.9. The highest BCUT2D eigenvalue weighted by Gasteiger charge is 2.34. The lowest BCUT2D eigenvalue weighted by Gasteiger charge is -2.10. The van der Waals surface area contributed by atoms with Gasteiger partial charge < -0.3 is 10.1 Å². The molecule has 0 bridgehead atoms. The van der Waals surface area contributed by atoms with Gasteiger partial charge >= 0.3 is 6.18 Å². The number of benzene rings is 1. The number of hydrogen-bond acceptors (Lipinski definition) is 3. The zero-order valence-electron chi connectivity index (χ0n) is 11.9. The first-order chi connectivity index (χ1) is 10.3. The molecule has 5 nitrogen and oxygen atoms in total. The van der Waals surface area contributed by atoms with Crippen molar-refractivity contribution in [3.8, 4) is 5.75 Å². The summed E-state index contributed by atoms with van der Waals surface area (Å²) in [5.41, 5.74) is -0.326. The summed E-state index contributed by atoms with van der Waals surface area (Å²) < 4.78 is 43.8. The fourth-order valence-corrected chi connectivity index (χ4v) is 1.88. The number of nitrogens with zero attached hydrogens (tertiary/aromatic N) is 2. The molecule has 118 valence electrons. The number of aryl methyl sites for hydroxylation is 1. The van der Waals surface area contributed by atoms with Gasteiger partial charge in [0.2, 0.25) is 5.91 Å². The zero-order chi connectivity index (χ0) is 16.3. The molecule has 0 saturated carbocycles. The summed E-state index contributed by atoms with van der Waals surface area (Å²) in [6.45, 7) is 1.14. The first-order valence-corrected chi connectivity index (χ1v) is 6.36. The molecule has 0 aliphatic heterocycles. The van der Waals surface area contributed by atoms with Crippen molar-refractivity contribution in [1.82, 2.24) is 9.78 Å². The van der Waals surface area contributed by atoms with Crippen LogP contribution in [0.1, 0.15) is 11.4 Å². The van der Waals surface area contributed by atoms with E-state index in [0.717, 1.165) is 10.7 Å². The number of anilines is 1. The summed E-state index contributed by atoms with van der Waals surface area (Å²) >= 11 is 0. The third-order valence-corrected chi connectivity index (χ3v) is 2.95. The maximum absolute atomic E-state index is 12.6. The van der Waals surface area contributed by atoms with Gasteiger partial charge in [-0.2, -0.15) is 18.3 Å². The topological polar surface area (TPSA) is 56.1 Å². The quantitative estimate of drug-likeness (QED) is 0.944. The van der Waals surface area contributed by atoms with Crippen LogP contribution in [0.2, 0.25) is 0 Å². The third kappa shape index (κ3) is 3.57. The van der Waals surface area contributed by atoms with Crippen LogP contribution in [0.4, 0.5) is 18.9 Å². The summed E-state index contributed by atoms with van der Waals surface area (Å²) in [4.78, 5) is 12.0. The van der Waals surface area contributed by atoms with Crippen LogP contribution in [0.25, 0.3) is 0 Å². The van der Waals surface area contributed by atoms with Crippen LogP contribution in [-0.2, 0) is 17.5 Å². The van der Waals surface area contributed by atoms with Gasteiger partial charge in [-0.1, -0.05) is 12.1 Å². The number of ether oxygens (including phenoxy) is 1. The predicted molar refractivity (Wildman–Crippen MR) is 73.6 cm³/mol. The fraction of sp³-hybridized carbons (Fsp3) is 0.286. The van der Waals surface area contributed by atoms with E-state index in [-0.39, 0.29) is 12.2 Å². The Morgan fingerprint density at radius 1 is 1.36 bits per heavy atom. The normalized spacial score (nSPS) is 11.3. The Hall–Kier alpha value is -2.51.